The molecule has 0 aliphatic rings. The predicted octanol–water partition coefficient (Wildman–Crippen LogP) is 0.442. The highest BCUT2D eigenvalue weighted by atomic mass is 31.2. The summed E-state index contributed by atoms with van der Waals surface area (Å²) >= 11 is 0. The van der Waals surface area contributed by atoms with Crippen LogP contribution in [0, 0.1) is 0 Å². The second kappa shape index (κ2) is 8.71. The highest BCUT2D eigenvalue weighted by Crippen LogP contribution is 2.45. The van der Waals surface area contributed by atoms with Crippen LogP contribution in [0.3, 0.4) is 0 Å². The van der Waals surface area contributed by atoms with Crippen LogP contribution in [0.1, 0.15) is 19.3 Å². The number of hydrogen-bond acceptors (Lipinski definition) is 5. The summed E-state index contributed by atoms with van der Waals surface area (Å²) in [6.07, 6.45) is -0.585. The summed E-state index contributed by atoms with van der Waals surface area (Å²) in [6, 6.07) is 0. The van der Waals surface area contributed by atoms with Gasteiger partial charge in [-0.3, -0.25) is 9.05 Å². The van der Waals surface area contributed by atoms with Gasteiger partial charge in [0.2, 0.25) is 0 Å². The number of phosphoric ester groups is 1. The van der Waals surface area contributed by atoms with Crippen molar-refractivity contribution in [3.63, 3.8) is 0 Å². The number of aliphatic hydroxyl groups is 1. The van der Waals surface area contributed by atoms with E-state index in [0.29, 0.717) is 23.9 Å². The molecule has 0 aromatic rings. The molecule has 0 rings (SSSR count). The maximum Gasteiger partial charge on any atom is 0.473 e. The summed E-state index contributed by atoms with van der Waals surface area (Å²) in [4.78, 5) is 20.4. The Morgan fingerprint density at radius 2 is 1.90 bits per heavy atom. The second-order valence-electron chi connectivity index (χ2n) is 5.47. The number of carboxylic acid groups (broad SMARTS) is 1. The zero-order chi connectivity index (χ0) is 15.8. The Kier molecular flexibility index (Phi) is 8.50. The highest BCUT2D eigenvalue weighted by Gasteiger charge is 2.31. The first-order valence-electron chi connectivity index (χ1n) is 6.37. The summed E-state index contributed by atoms with van der Waals surface area (Å²) in [6.45, 7) is 0.402. The molecule has 0 aromatic carbocycles. The van der Waals surface area contributed by atoms with E-state index < -0.39 is 19.9 Å². The van der Waals surface area contributed by atoms with E-state index in [1.54, 1.807) is 0 Å². The summed E-state index contributed by atoms with van der Waals surface area (Å²) in [7, 11) is 1.28. The van der Waals surface area contributed by atoms with Crippen molar-refractivity contribution in [3.05, 3.63) is 0 Å². The molecule has 3 N–H and O–H groups in total. The smallest absolute Gasteiger partial charge is 0.473 e. The molecule has 2 atom stereocenters. The van der Waals surface area contributed by atoms with E-state index in [-0.39, 0.29) is 19.6 Å². The quantitative estimate of drug-likeness (QED) is 0.288. The van der Waals surface area contributed by atoms with Crippen molar-refractivity contribution >= 4 is 13.8 Å². The average molecular weight is 314 g/mol. The number of phosphoric acid groups is 1. The fourth-order valence-corrected chi connectivity index (χ4v) is 2.17. The number of carboxylic acids is 1. The molecule has 8 nitrogen and oxygen atoms in total. The first kappa shape index (κ1) is 19.5. The van der Waals surface area contributed by atoms with Gasteiger partial charge in [-0.05, 0) is 19.3 Å². The van der Waals surface area contributed by atoms with Gasteiger partial charge in [0.15, 0.2) is 6.10 Å². The van der Waals surface area contributed by atoms with Gasteiger partial charge in [0, 0.05) is 6.61 Å². The zero-order valence-corrected chi connectivity index (χ0v) is 13.1. The number of unbranched alkanes of at least 4 members (excludes halogenated alkanes) is 1. The van der Waals surface area contributed by atoms with Crippen LogP contribution in [0.2, 0.25) is 0 Å². The lowest BCUT2D eigenvalue weighted by Gasteiger charge is -2.24. The van der Waals surface area contributed by atoms with Gasteiger partial charge in [-0.2, -0.15) is 0 Å². The molecule has 0 radical (unpaired) electrons. The first-order valence-corrected chi connectivity index (χ1v) is 7.87. The SMILES string of the molecule is C[N+](C)(C)CCOP(=O)(O)OC(CCCCO)C(=O)O. The highest BCUT2D eigenvalue weighted by molar-refractivity contribution is 7.47. The summed E-state index contributed by atoms with van der Waals surface area (Å²) in [5.41, 5.74) is 0. The average Bonchev–Trinajstić information content (AvgIpc) is 2.25. The van der Waals surface area contributed by atoms with E-state index in [1.165, 1.54) is 0 Å². The topological polar surface area (TPSA) is 113 Å². The van der Waals surface area contributed by atoms with Gasteiger partial charge in [0.1, 0.15) is 13.2 Å². The lowest BCUT2D eigenvalue weighted by Crippen LogP contribution is -2.37. The van der Waals surface area contributed by atoms with Crippen LogP contribution < -0.4 is 0 Å². The van der Waals surface area contributed by atoms with E-state index in [1.807, 2.05) is 21.1 Å². The van der Waals surface area contributed by atoms with Crippen LogP contribution >= 0.6 is 7.82 Å². The third kappa shape index (κ3) is 10.3. The summed E-state index contributed by atoms with van der Waals surface area (Å²) in [5, 5.41) is 17.5. The molecule has 0 aromatic heterocycles. The lowest BCUT2D eigenvalue weighted by atomic mass is 10.1. The van der Waals surface area contributed by atoms with E-state index in [4.69, 9.17) is 14.7 Å². The van der Waals surface area contributed by atoms with Gasteiger partial charge in [0.25, 0.3) is 0 Å². The standard InChI is InChI=1S/C11H24NO7P/c1-12(2,3)7-9-18-20(16,17)19-10(11(14)15)6-4-5-8-13/h10,13H,4-9H2,1-3H3,(H-,14,15,16,17)/p+1. The monoisotopic (exact) mass is 314 g/mol. The summed E-state index contributed by atoms with van der Waals surface area (Å²) < 4.78 is 21.6. The third-order valence-corrected chi connectivity index (χ3v) is 3.46. The molecule has 0 aliphatic carbocycles. The summed E-state index contributed by atoms with van der Waals surface area (Å²) in [5.74, 6) is -1.33. The number of hydrogen-bond donors (Lipinski definition) is 3. The minimum atomic E-state index is -4.39. The van der Waals surface area contributed by atoms with Crippen molar-refractivity contribution in [2.75, 3.05) is 40.9 Å². The number of quaternary nitrogens is 1. The van der Waals surface area contributed by atoms with Gasteiger partial charge in [-0.25, -0.2) is 9.36 Å². The molecule has 0 amide bonds. The van der Waals surface area contributed by atoms with Crippen LogP contribution in [-0.4, -0.2) is 72.6 Å². The minimum absolute atomic E-state index is 0.0136. The van der Waals surface area contributed by atoms with E-state index in [9.17, 15) is 14.3 Å². The first-order chi connectivity index (χ1) is 9.07. The van der Waals surface area contributed by atoms with E-state index >= 15 is 0 Å². The number of rotatable bonds is 11. The van der Waals surface area contributed by atoms with Crippen molar-refractivity contribution in [2.24, 2.45) is 0 Å². The minimum Gasteiger partial charge on any atom is -0.479 e. The van der Waals surface area contributed by atoms with E-state index in [0.717, 1.165) is 0 Å². The number of aliphatic hydroxyl groups excluding tert-OH is 1. The van der Waals surface area contributed by atoms with Crippen LogP contribution in [-0.2, 0) is 18.4 Å². The maximum atomic E-state index is 11.6. The van der Waals surface area contributed by atoms with Gasteiger partial charge in [-0.15, -0.1) is 0 Å². The molecular formula is C11H25NO7P+. The van der Waals surface area contributed by atoms with E-state index in [2.05, 4.69) is 4.52 Å². The van der Waals surface area contributed by atoms with Crippen molar-refractivity contribution in [2.45, 2.75) is 25.4 Å². The third-order valence-electron chi connectivity index (χ3n) is 2.43. The largest absolute Gasteiger partial charge is 0.479 e. The molecule has 0 saturated carbocycles. The van der Waals surface area contributed by atoms with Crippen LogP contribution in [0.4, 0.5) is 0 Å². The Morgan fingerprint density at radius 3 is 2.35 bits per heavy atom. The molecule has 20 heavy (non-hydrogen) atoms. The predicted molar refractivity (Wildman–Crippen MR) is 72.1 cm³/mol. The molecule has 0 heterocycles. The molecule has 9 heteroatoms. The Morgan fingerprint density at radius 1 is 1.30 bits per heavy atom. The molecule has 0 fully saturated rings. The number of aliphatic carboxylic acids is 1. The zero-order valence-electron chi connectivity index (χ0n) is 12.2. The van der Waals surface area contributed by atoms with Gasteiger partial charge >= 0.3 is 13.8 Å². The number of likely N-dealkylation sites (N-methyl/N-ethyl adjacent to an activating group) is 1. The van der Waals surface area contributed by atoms with Crippen LogP contribution in [0.25, 0.3) is 0 Å². The Hall–Kier alpha value is -0.500. The molecule has 0 spiro atoms. The normalized spacial score (nSPS) is 16.6. The molecule has 0 bridgehead atoms. The molecular weight excluding hydrogens is 289 g/mol. The van der Waals surface area contributed by atoms with Gasteiger partial charge < -0.3 is 19.6 Å². The Bertz CT molecular complexity index is 342. The van der Waals surface area contributed by atoms with Crippen molar-refractivity contribution < 1.29 is 38.0 Å². The molecule has 2 unspecified atom stereocenters. The second-order valence-corrected chi connectivity index (χ2v) is 6.87. The van der Waals surface area contributed by atoms with Gasteiger partial charge in [0.05, 0.1) is 21.1 Å². The molecule has 0 saturated heterocycles. The maximum absolute atomic E-state index is 11.6. The van der Waals surface area contributed by atoms with Crippen molar-refractivity contribution in [1.29, 1.82) is 0 Å². The molecule has 0 aliphatic heterocycles. The molecule has 120 valence electrons. The number of carbonyl (C=O) groups is 1. The van der Waals surface area contributed by atoms with Crippen molar-refractivity contribution in [3.8, 4) is 0 Å². The fraction of sp³-hybridized carbons (Fsp3) is 0.909. The number of nitrogens with zero attached hydrogens (tertiary/aromatic N) is 1. The van der Waals surface area contributed by atoms with Gasteiger partial charge in [-0.1, -0.05) is 0 Å². The van der Waals surface area contributed by atoms with Crippen LogP contribution in [0.15, 0.2) is 0 Å². The van der Waals surface area contributed by atoms with Crippen molar-refractivity contribution in [1.82, 2.24) is 0 Å². The van der Waals surface area contributed by atoms with Crippen LogP contribution in [0.5, 0.6) is 0 Å². The fourth-order valence-electron chi connectivity index (χ4n) is 1.28. The lowest BCUT2D eigenvalue weighted by molar-refractivity contribution is -0.870. The Labute approximate surface area is 119 Å². The Balaban J connectivity index is 4.30.